The van der Waals surface area contributed by atoms with Crippen molar-refractivity contribution < 1.29 is 9.15 Å². The quantitative estimate of drug-likeness (QED) is 0.781. The molecule has 1 aliphatic heterocycles. The molecule has 3 rings (SSSR count). The maximum atomic E-state index is 5.85. The SMILES string of the molecule is NCc1c(C2CCC2)oc2c1COC2. The summed E-state index contributed by atoms with van der Waals surface area (Å²) in [4.78, 5) is 0. The van der Waals surface area contributed by atoms with E-state index in [1.54, 1.807) is 0 Å². The van der Waals surface area contributed by atoms with Gasteiger partial charge in [-0.2, -0.15) is 0 Å². The molecule has 14 heavy (non-hydrogen) atoms. The van der Waals surface area contributed by atoms with Crippen LogP contribution in [0.4, 0.5) is 0 Å². The van der Waals surface area contributed by atoms with Crippen LogP contribution in [0.1, 0.15) is 47.8 Å². The van der Waals surface area contributed by atoms with Crippen LogP contribution in [0.2, 0.25) is 0 Å². The summed E-state index contributed by atoms with van der Waals surface area (Å²) in [5.74, 6) is 2.82. The third kappa shape index (κ3) is 1.06. The Morgan fingerprint density at radius 1 is 1.29 bits per heavy atom. The molecule has 2 heterocycles. The topological polar surface area (TPSA) is 48.4 Å². The van der Waals surface area contributed by atoms with Crippen molar-refractivity contribution >= 4 is 0 Å². The molecule has 76 valence electrons. The van der Waals surface area contributed by atoms with E-state index >= 15 is 0 Å². The summed E-state index contributed by atoms with van der Waals surface area (Å²) >= 11 is 0. The summed E-state index contributed by atoms with van der Waals surface area (Å²) in [5.41, 5.74) is 8.22. The summed E-state index contributed by atoms with van der Waals surface area (Å²) in [7, 11) is 0. The first-order valence-electron chi connectivity index (χ1n) is 5.31. The van der Waals surface area contributed by atoms with E-state index in [2.05, 4.69) is 0 Å². The van der Waals surface area contributed by atoms with E-state index in [9.17, 15) is 0 Å². The van der Waals surface area contributed by atoms with Gasteiger partial charge in [0.15, 0.2) is 0 Å². The molecule has 1 fully saturated rings. The molecule has 1 aromatic rings. The summed E-state index contributed by atoms with van der Waals surface area (Å²) in [6.45, 7) is 1.92. The van der Waals surface area contributed by atoms with Crippen LogP contribution in [0.3, 0.4) is 0 Å². The molecule has 1 aliphatic carbocycles. The maximum absolute atomic E-state index is 5.85. The highest BCUT2D eigenvalue weighted by Crippen LogP contribution is 2.42. The van der Waals surface area contributed by atoms with Crippen molar-refractivity contribution in [3.63, 3.8) is 0 Å². The molecule has 0 radical (unpaired) electrons. The van der Waals surface area contributed by atoms with Crippen LogP contribution < -0.4 is 5.73 Å². The Bertz CT molecular complexity index is 352. The van der Waals surface area contributed by atoms with E-state index in [4.69, 9.17) is 14.9 Å². The zero-order chi connectivity index (χ0) is 9.54. The van der Waals surface area contributed by atoms with Crippen molar-refractivity contribution in [2.75, 3.05) is 0 Å². The Morgan fingerprint density at radius 3 is 2.79 bits per heavy atom. The number of hydrogen-bond acceptors (Lipinski definition) is 3. The molecule has 1 aromatic heterocycles. The number of nitrogens with two attached hydrogens (primary N) is 1. The molecule has 2 N–H and O–H groups in total. The molecule has 0 spiro atoms. The van der Waals surface area contributed by atoms with Gasteiger partial charge in [-0.1, -0.05) is 6.42 Å². The van der Waals surface area contributed by atoms with Crippen LogP contribution >= 0.6 is 0 Å². The Kier molecular flexibility index (Phi) is 1.89. The molecular formula is C11H15NO2. The second-order valence-electron chi connectivity index (χ2n) is 4.17. The number of rotatable bonds is 2. The largest absolute Gasteiger partial charge is 0.463 e. The molecule has 0 unspecified atom stereocenters. The van der Waals surface area contributed by atoms with E-state index in [-0.39, 0.29) is 0 Å². The Labute approximate surface area is 83.2 Å². The van der Waals surface area contributed by atoms with Crippen LogP contribution in [0.25, 0.3) is 0 Å². The van der Waals surface area contributed by atoms with E-state index in [0.29, 0.717) is 25.7 Å². The Hall–Kier alpha value is -0.800. The van der Waals surface area contributed by atoms with Crippen molar-refractivity contribution in [1.82, 2.24) is 0 Å². The minimum Gasteiger partial charge on any atom is -0.463 e. The third-order valence-corrected chi connectivity index (χ3v) is 3.39. The normalized spacial score (nSPS) is 20.9. The number of furan rings is 1. The van der Waals surface area contributed by atoms with E-state index < -0.39 is 0 Å². The van der Waals surface area contributed by atoms with Crippen molar-refractivity contribution in [3.05, 3.63) is 22.6 Å². The fraction of sp³-hybridized carbons (Fsp3) is 0.636. The second-order valence-corrected chi connectivity index (χ2v) is 4.17. The van der Waals surface area contributed by atoms with Crippen LogP contribution in [0.15, 0.2) is 4.42 Å². The lowest BCUT2D eigenvalue weighted by Crippen LogP contribution is -2.12. The van der Waals surface area contributed by atoms with Crippen molar-refractivity contribution in [1.29, 1.82) is 0 Å². The summed E-state index contributed by atoms with van der Waals surface area (Å²) in [6, 6.07) is 0. The highest BCUT2D eigenvalue weighted by molar-refractivity contribution is 5.37. The molecule has 1 saturated carbocycles. The highest BCUT2D eigenvalue weighted by atomic mass is 16.5. The van der Waals surface area contributed by atoms with Crippen molar-refractivity contribution in [2.45, 2.75) is 44.9 Å². The lowest BCUT2D eigenvalue weighted by molar-refractivity contribution is 0.121. The predicted octanol–water partition coefficient (Wildman–Crippen LogP) is 2.04. The van der Waals surface area contributed by atoms with Crippen LogP contribution in [-0.2, 0) is 24.5 Å². The zero-order valence-electron chi connectivity index (χ0n) is 8.21. The van der Waals surface area contributed by atoms with Gasteiger partial charge in [-0.05, 0) is 12.8 Å². The third-order valence-electron chi connectivity index (χ3n) is 3.39. The number of ether oxygens (including phenoxy) is 1. The summed E-state index contributed by atoms with van der Waals surface area (Å²) in [6.07, 6.45) is 3.86. The fourth-order valence-electron chi connectivity index (χ4n) is 2.33. The number of fused-ring (bicyclic) bond motifs is 1. The average molecular weight is 193 g/mol. The van der Waals surface area contributed by atoms with Crippen molar-refractivity contribution in [2.24, 2.45) is 5.73 Å². The zero-order valence-corrected chi connectivity index (χ0v) is 8.21. The molecule has 0 saturated heterocycles. The average Bonchev–Trinajstić information content (AvgIpc) is 2.60. The van der Waals surface area contributed by atoms with Crippen LogP contribution in [0.5, 0.6) is 0 Å². The molecule has 3 nitrogen and oxygen atoms in total. The molecule has 3 heteroatoms. The molecule has 0 bridgehead atoms. The summed E-state index contributed by atoms with van der Waals surface area (Å²) < 4.78 is 11.2. The standard InChI is InChI=1S/C11H15NO2/c12-4-8-9-5-13-6-10(9)14-11(8)7-2-1-3-7/h7H,1-6,12H2. The Morgan fingerprint density at radius 2 is 2.14 bits per heavy atom. The van der Waals surface area contributed by atoms with Gasteiger partial charge in [0.2, 0.25) is 0 Å². The van der Waals surface area contributed by atoms with Gasteiger partial charge in [0, 0.05) is 23.6 Å². The molecular weight excluding hydrogens is 178 g/mol. The smallest absolute Gasteiger partial charge is 0.135 e. The second kappa shape index (κ2) is 3.11. The maximum Gasteiger partial charge on any atom is 0.135 e. The first-order valence-corrected chi connectivity index (χ1v) is 5.31. The van der Waals surface area contributed by atoms with Gasteiger partial charge in [0.05, 0.1) is 6.61 Å². The van der Waals surface area contributed by atoms with Gasteiger partial charge < -0.3 is 14.9 Å². The van der Waals surface area contributed by atoms with Crippen LogP contribution in [0, 0.1) is 0 Å². The van der Waals surface area contributed by atoms with Crippen molar-refractivity contribution in [3.8, 4) is 0 Å². The van der Waals surface area contributed by atoms with Crippen LogP contribution in [-0.4, -0.2) is 0 Å². The first-order chi connectivity index (χ1) is 6.90. The number of hydrogen-bond donors (Lipinski definition) is 1. The minimum absolute atomic E-state index is 0.591. The fourth-order valence-corrected chi connectivity index (χ4v) is 2.33. The molecule has 0 amide bonds. The first kappa shape index (κ1) is 8.50. The van der Waals surface area contributed by atoms with E-state index in [0.717, 1.165) is 11.5 Å². The van der Waals surface area contributed by atoms with Gasteiger partial charge in [-0.15, -0.1) is 0 Å². The molecule has 0 aromatic carbocycles. The molecule has 0 atom stereocenters. The Balaban J connectivity index is 2.02. The summed E-state index contributed by atoms with van der Waals surface area (Å²) in [5, 5.41) is 0. The van der Waals surface area contributed by atoms with E-state index in [1.165, 1.54) is 30.4 Å². The molecule has 2 aliphatic rings. The lowest BCUT2D eigenvalue weighted by Gasteiger charge is -2.24. The predicted molar refractivity (Wildman–Crippen MR) is 51.7 cm³/mol. The van der Waals surface area contributed by atoms with Gasteiger partial charge in [-0.3, -0.25) is 0 Å². The van der Waals surface area contributed by atoms with Gasteiger partial charge in [0.1, 0.15) is 18.1 Å². The van der Waals surface area contributed by atoms with Gasteiger partial charge in [-0.25, -0.2) is 0 Å². The highest BCUT2D eigenvalue weighted by Gasteiger charge is 2.30. The monoisotopic (exact) mass is 193 g/mol. The van der Waals surface area contributed by atoms with Gasteiger partial charge >= 0.3 is 0 Å². The van der Waals surface area contributed by atoms with Gasteiger partial charge in [0.25, 0.3) is 0 Å². The lowest BCUT2D eigenvalue weighted by atomic mass is 9.82. The minimum atomic E-state index is 0.591. The van der Waals surface area contributed by atoms with E-state index in [1.807, 2.05) is 0 Å².